The molecule has 1 aliphatic carbocycles. The summed E-state index contributed by atoms with van der Waals surface area (Å²) in [6.45, 7) is 0. The van der Waals surface area contributed by atoms with E-state index in [-0.39, 0.29) is 22.8 Å². The summed E-state index contributed by atoms with van der Waals surface area (Å²) in [6.07, 6.45) is 1.92. The zero-order valence-corrected chi connectivity index (χ0v) is 22.4. The standard InChI is InChI=1S/C30H31N3O5S/c1-33-26(20-8-4-2-5-9-20)18-23-14-17-25(19-27(23)33)39(37,38)32-24-15-12-22(13-16-24)29(34)31-28(30(35)36)21-10-6-3-7-11-21/h2-11,14,17-19,22,24,28,32H,12-13,15-16H2,1H3,(H,31,34)(H,35,36)/t22-,24-,28-/m0/s1. The molecule has 0 saturated heterocycles. The van der Waals surface area contributed by atoms with Crippen molar-refractivity contribution in [2.75, 3.05) is 0 Å². The fourth-order valence-corrected chi connectivity index (χ4v) is 6.64. The first-order valence-electron chi connectivity index (χ1n) is 13.0. The molecule has 1 aromatic heterocycles. The van der Waals surface area contributed by atoms with E-state index < -0.39 is 22.0 Å². The lowest BCUT2D eigenvalue weighted by molar-refractivity contribution is -0.142. The molecule has 3 N–H and O–H groups in total. The maximum atomic E-state index is 13.3. The Labute approximate surface area is 227 Å². The summed E-state index contributed by atoms with van der Waals surface area (Å²) >= 11 is 0. The van der Waals surface area contributed by atoms with Crippen molar-refractivity contribution >= 4 is 32.8 Å². The Morgan fingerprint density at radius 1 is 0.897 bits per heavy atom. The number of aryl methyl sites for hydroxylation is 1. The molecule has 1 fully saturated rings. The number of hydrogen-bond donors (Lipinski definition) is 3. The molecular formula is C30H31N3O5S. The lowest BCUT2D eigenvalue weighted by atomic mass is 9.85. The number of carbonyl (C=O) groups excluding carboxylic acids is 1. The van der Waals surface area contributed by atoms with Crippen molar-refractivity contribution in [3.8, 4) is 11.3 Å². The van der Waals surface area contributed by atoms with E-state index in [0.717, 1.165) is 22.2 Å². The highest BCUT2D eigenvalue weighted by molar-refractivity contribution is 7.89. The van der Waals surface area contributed by atoms with Gasteiger partial charge >= 0.3 is 5.97 Å². The zero-order valence-electron chi connectivity index (χ0n) is 21.6. The number of carboxylic acid groups (broad SMARTS) is 1. The number of fused-ring (bicyclic) bond motifs is 1. The Morgan fingerprint density at radius 3 is 2.18 bits per heavy atom. The molecule has 9 heteroatoms. The molecule has 0 spiro atoms. The molecule has 1 atom stereocenters. The minimum atomic E-state index is -3.77. The number of benzene rings is 3. The fraction of sp³-hybridized carbons (Fsp3) is 0.267. The molecule has 4 aromatic rings. The largest absolute Gasteiger partial charge is 0.479 e. The second-order valence-corrected chi connectivity index (χ2v) is 11.7. The molecule has 1 aliphatic rings. The molecule has 1 amide bonds. The molecule has 0 unspecified atom stereocenters. The predicted octanol–water partition coefficient (Wildman–Crippen LogP) is 4.62. The van der Waals surface area contributed by atoms with Crippen molar-refractivity contribution in [3.05, 3.63) is 90.5 Å². The van der Waals surface area contributed by atoms with Crippen LogP contribution in [0.25, 0.3) is 22.2 Å². The first-order valence-corrected chi connectivity index (χ1v) is 14.5. The van der Waals surface area contributed by atoms with Crippen molar-refractivity contribution in [1.82, 2.24) is 14.6 Å². The number of rotatable bonds is 8. The summed E-state index contributed by atoms with van der Waals surface area (Å²) in [5.41, 5.74) is 3.38. The smallest absolute Gasteiger partial charge is 0.330 e. The second kappa shape index (κ2) is 11.0. The van der Waals surface area contributed by atoms with Crippen LogP contribution in [0.2, 0.25) is 0 Å². The third kappa shape index (κ3) is 5.74. The van der Waals surface area contributed by atoms with E-state index in [9.17, 15) is 23.1 Å². The Morgan fingerprint density at radius 2 is 1.54 bits per heavy atom. The molecule has 0 radical (unpaired) electrons. The van der Waals surface area contributed by atoms with Crippen LogP contribution in [0, 0.1) is 5.92 Å². The molecule has 39 heavy (non-hydrogen) atoms. The second-order valence-electron chi connectivity index (χ2n) is 10.0. The van der Waals surface area contributed by atoms with Crippen molar-refractivity contribution in [1.29, 1.82) is 0 Å². The Balaban J connectivity index is 1.23. The summed E-state index contributed by atoms with van der Waals surface area (Å²) in [5.74, 6) is -1.81. The van der Waals surface area contributed by atoms with E-state index in [0.29, 0.717) is 31.2 Å². The molecule has 1 heterocycles. The first kappa shape index (κ1) is 26.6. The summed E-state index contributed by atoms with van der Waals surface area (Å²) in [5, 5.41) is 13.2. The van der Waals surface area contributed by atoms with Crippen LogP contribution >= 0.6 is 0 Å². The lowest BCUT2D eigenvalue weighted by Gasteiger charge is -2.29. The number of nitrogens with zero attached hydrogens (tertiary/aromatic N) is 1. The summed E-state index contributed by atoms with van der Waals surface area (Å²) in [7, 11) is -1.84. The van der Waals surface area contributed by atoms with Gasteiger partial charge in [-0.3, -0.25) is 4.79 Å². The summed E-state index contributed by atoms with van der Waals surface area (Å²) in [4.78, 5) is 24.8. The van der Waals surface area contributed by atoms with Crippen molar-refractivity contribution in [2.24, 2.45) is 13.0 Å². The molecule has 3 aromatic carbocycles. The van der Waals surface area contributed by atoms with Gasteiger partial charge < -0.3 is 15.0 Å². The van der Waals surface area contributed by atoms with Gasteiger partial charge in [0, 0.05) is 35.6 Å². The monoisotopic (exact) mass is 545 g/mol. The van der Waals surface area contributed by atoms with Crippen molar-refractivity contribution < 1.29 is 23.1 Å². The number of amides is 1. The fourth-order valence-electron chi connectivity index (χ4n) is 5.32. The van der Waals surface area contributed by atoms with Gasteiger partial charge in [0.25, 0.3) is 0 Å². The third-order valence-electron chi connectivity index (χ3n) is 7.48. The third-order valence-corrected chi connectivity index (χ3v) is 9.00. The normalized spacial score (nSPS) is 18.5. The maximum absolute atomic E-state index is 13.3. The number of aliphatic carboxylic acids is 1. The van der Waals surface area contributed by atoms with E-state index in [1.807, 2.05) is 54.1 Å². The maximum Gasteiger partial charge on any atom is 0.330 e. The van der Waals surface area contributed by atoms with Gasteiger partial charge in [0.15, 0.2) is 6.04 Å². The topological polar surface area (TPSA) is 118 Å². The molecule has 1 saturated carbocycles. The van der Waals surface area contributed by atoms with Gasteiger partial charge in [-0.15, -0.1) is 0 Å². The summed E-state index contributed by atoms with van der Waals surface area (Å²) in [6, 6.07) is 24.3. The lowest BCUT2D eigenvalue weighted by Crippen LogP contribution is -2.42. The van der Waals surface area contributed by atoms with Crippen molar-refractivity contribution in [3.63, 3.8) is 0 Å². The number of carbonyl (C=O) groups is 2. The van der Waals surface area contributed by atoms with Gasteiger partial charge in [-0.2, -0.15) is 0 Å². The average molecular weight is 546 g/mol. The van der Waals surface area contributed by atoms with Crippen LogP contribution < -0.4 is 10.0 Å². The van der Waals surface area contributed by atoms with Crippen LogP contribution in [-0.4, -0.2) is 36.0 Å². The van der Waals surface area contributed by atoms with Crippen LogP contribution in [0.15, 0.2) is 89.8 Å². The minimum absolute atomic E-state index is 0.197. The molecule has 202 valence electrons. The molecular weight excluding hydrogens is 514 g/mol. The predicted molar refractivity (Wildman–Crippen MR) is 149 cm³/mol. The SMILES string of the molecule is Cn1c(-c2ccccc2)cc2ccc(S(=O)(=O)N[C@H]3CC[C@H](C(=O)N[C@H](C(=O)O)c4ccccc4)CC3)cc21. The minimum Gasteiger partial charge on any atom is -0.479 e. The highest BCUT2D eigenvalue weighted by Gasteiger charge is 2.32. The summed E-state index contributed by atoms with van der Waals surface area (Å²) < 4.78 is 31.3. The van der Waals surface area contributed by atoms with E-state index in [2.05, 4.69) is 10.0 Å². The Kier molecular flexibility index (Phi) is 7.54. The first-order chi connectivity index (χ1) is 18.7. The highest BCUT2D eigenvalue weighted by Crippen LogP contribution is 2.30. The quantitative estimate of drug-likeness (QED) is 0.299. The van der Waals surface area contributed by atoms with Crippen molar-refractivity contribution in [2.45, 2.75) is 42.7 Å². The number of carboxylic acids is 1. The van der Waals surface area contributed by atoms with Crippen LogP contribution in [0.4, 0.5) is 0 Å². The number of aromatic nitrogens is 1. The molecule has 5 rings (SSSR count). The van der Waals surface area contributed by atoms with Gasteiger partial charge in [-0.25, -0.2) is 17.9 Å². The Bertz CT molecular complexity index is 1590. The molecule has 0 bridgehead atoms. The average Bonchev–Trinajstić information content (AvgIpc) is 3.28. The van der Waals surface area contributed by atoms with E-state index in [1.165, 1.54) is 0 Å². The van der Waals surface area contributed by atoms with Gasteiger partial charge in [-0.1, -0.05) is 66.7 Å². The zero-order chi connectivity index (χ0) is 27.6. The van der Waals surface area contributed by atoms with Gasteiger partial charge in [0.05, 0.1) is 4.90 Å². The van der Waals surface area contributed by atoms with Crippen LogP contribution in [0.1, 0.15) is 37.3 Å². The van der Waals surface area contributed by atoms with E-state index >= 15 is 0 Å². The van der Waals surface area contributed by atoms with Crippen LogP contribution in [-0.2, 0) is 26.7 Å². The Hall–Kier alpha value is -3.95. The van der Waals surface area contributed by atoms with Gasteiger partial charge in [-0.05, 0) is 55.0 Å². The van der Waals surface area contributed by atoms with Gasteiger partial charge in [0.2, 0.25) is 15.9 Å². The molecule has 0 aliphatic heterocycles. The van der Waals surface area contributed by atoms with E-state index in [1.54, 1.807) is 42.5 Å². The van der Waals surface area contributed by atoms with E-state index in [4.69, 9.17) is 0 Å². The van der Waals surface area contributed by atoms with Crippen LogP contribution in [0.3, 0.4) is 0 Å². The highest BCUT2D eigenvalue weighted by atomic mass is 32.2. The van der Waals surface area contributed by atoms with Crippen LogP contribution in [0.5, 0.6) is 0 Å². The number of sulfonamides is 1. The number of hydrogen-bond acceptors (Lipinski definition) is 4. The molecule has 8 nitrogen and oxygen atoms in total. The number of nitrogens with one attached hydrogen (secondary N) is 2. The van der Waals surface area contributed by atoms with Gasteiger partial charge in [0.1, 0.15) is 0 Å².